The topological polar surface area (TPSA) is 26.3 Å². The molecule has 0 bridgehead atoms. The number of Topliss-reactive ketones (excluding diaryl/α,β-unsaturated/α-hetero) is 1. The van der Waals surface area contributed by atoms with Crippen LogP contribution in [0.5, 0.6) is 0 Å². The standard InChI is InChI=1S/C10H10Cl2O2/c1-2-14-6-9(13)10-7(11)4-3-5-8(10)12/h3-5H,2,6H2,1H3. The van der Waals surface area contributed by atoms with Gasteiger partial charge in [0, 0.05) is 6.61 Å². The minimum atomic E-state index is -0.192. The summed E-state index contributed by atoms with van der Waals surface area (Å²) in [6.45, 7) is 2.33. The van der Waals surface area contributed by atoms with E-state index in [2.05, 4.69) is 0 Å². The van der Waals surface area contributed by atoms with Gasteiger partial charge in [0.1, 0.15) is 6.61 Å². The zero-order chi connectivity index (χ0) is 10.6. The van der Waals surface area contributed by atoms with Crippen LogP contribution in [0.15, 0.2) is 18.2 Å². The molecular formula is C10H10Cl2O2. The molecule has 76 valence electrons. The minimum absolute atomic E-state index is 0.0138. The summed E-state index contributed by atoms with van der Waals surface area (Å²) in [6, 6.07) is 4.96. The van der Waals surface area contributed by atoms with Crippen LogP contribution < -0.4 is 0 Å². The number of halogens is 2. The molecule has 2 nitrogen and oxygen atoms in total. The van der Waals surface area contributed by atoms with Gasteiger partial charge >= 0.3 is 0 Å². The molecule has 0 amide bonds. The van der Waals surface area contributed by atoms with Crippen molar-refractivity contribution >= 4 is 29.0 Å². The Morgan fingerprint density at radius 2 is 1.93 bits per heavy atom. The second-order valence-electron chi connectivity index (χ2n) is 2.66. The van der Waals surface area contributed by atoms with Gasteiger partial charge < -0.3 is 4.74 Å². The van der Waals surface area contributed by atoms with E-state index in [1.165, 1.54) is 0 Å². The lowest BCUT2D eigenvalue weighted by Gasteiger charge is -2.05. The number of rotatable bonds is 4. The number of ketones is 1. The minimum Gasteiger partial charge on any atom is -0.374 e. The van der Waals surface area contributed by atoms with Gasteiger partial charge in [-0.2, -0.15) is 0 Å². The predicted octanol–water partition coefficient (Wildman–Crippen LogP) is 3.21. The van der Waals surface area contributed by atoms with Crippen LogP contribution in [-0.2, 0) is 4.74 Å². The summed E-state index contributed by atoms with van der Waals surface area (Å²) >= 11 is 11.7. The van der Waals surface area contributed by atoms with E-state index in [4.69, 9.17) is 27.9 Å². The van der Waals surface area contributed by atoms with Crippen molar-refractivity contribution in [2.45, 2.75) is 6.92 Å². The highest BCUT2D eigenvalue weighted by Crippen LogP contribution is 2.24. The van der Waals surface area contributed by atoms with E-state index in [1.807, 2.05) is 6.92 Å². The Hall–Kier alpha value is -0.570. The first-order valence-electron chi connectivity index (χ1n) is 4.21. The normalized spacial score (nSPS) is 10.2. The number of hydrogen-bond donors (Lipinski definition) is 0. The molecule has 0 aliphatic heterocycles. The van der Waals surface area contributed by atoms with Crippen LogP contribution in [-0.4, -0.2) is 19.0 Å². The molecule has 0 unspecified atom stereocenters. The van der Waals surface area contributed by atoms with Crippen LogP contribution in [0.3, 0.4) is 0 Å². The van der Waals surface area contributed by atoms with Crippen LogP contribution in [0.4, 0.5) is 0 Å². The SMILES string of the molecule is CCOCC(=O)c1c(Cl)cccc1Cl. The number of ether oxygens (including phenoxy) is 1. The summed E-state index contributed by atoms with van der Waals surface area (Å²) in [5, 5.41) is 0.726. The largest absolute Gasteiger partial charge is 0.374 e. The maximum atomic E-state index is 11.6. The molecule has 1 aromatic rings. The first-order valence-corrected chi connectivity index (χ1v) is 4.97. The quantitative estimate of drug-likeness (QED) is 0.746. The molecule has 0 N–H and O–H groups in total. The number of carbonyl (C=O) groups is 1. The second kappa shape index (κ2) is 5.35. The van der Waals surface area contributed by atoms with Gasteiger partial charge in [0.2, 0.25) is 0 Å². The Kier molecular flexibility index (Phi) is 4.39. The number of hydrogen-bond acceptors (Lipinski definition) is 2. The predicted molar refractivity (Wildman–Crippen MR) is 57.3 cm³/mol. The van der Waals surface area contributed by atoms with E-state index in [0.29, 0.717) is 22.2 Å². The number of carbonyl (C=O) groups excluding carboxylic acids is 1. The maximum Gasteiger partial charge on any atom is 0.191 e. The average molecular weight is 233 g/mol. The van der Waals surface area contributed by atoms with Gasteiger partial charge in [-0.25, -0.2) is 0 Å². The van der Waals surface area contributed by atoms with Crippen molar-refractivity contribution < 1.29 is 9.53 Å². The summed E-state index contributed by atoms with van der Waals surface area (Å²) < 4.78 is 4.99. The Labute approximate surface area is 92.8 Å². The van der Waals surface area contributed by atoms with E-state index < -0.39 is 0 Å². The van der Waals surface area contributed by atoms with Crippen LogP contribution in [0.25, 0.3) is 0 Å². The lowest BCUT2D eigenvalue weighted by atomic mass is 10.1. The maximum absolute atomic E-state index is 11.6. The van der Waals surface area contributed by atoms with Gasteiger partial charge in [0.15, 0.2) is 5.78 Å². The van der Waals surface area contributed by atoms with Gasteiger partial charge in [0.25, 0.3) is 0 Å². The van der Waals surface area contributed by atoms with Crippen molar-refractivity contribution in [3.63, 3.8) is 0 Å². The van der Waals surface area contributed by atoms with Crippen molar-refractivity contribution in [2.75, 3.05) is 13.2 Å². The summed E-state index contributed by atoms with van der Waals surface area (Å²) in [7, 11) is 0. The van der Waals surface area contributed by atoms with Crippen LogP contribution >= 0.6 is 23.2 Å². The lowest BCUT2D eigenvalue weighted by Crippen LogP contribution is -2.10. The molecule has 0 saturated heterocycles. The van der Waals surface area contributed by atoms with E-state index in [-0.39, 0.29) is 12.4 Å². The zero-order valence-corrected chi connectivity index (χ0v) is 9.23. The molecule has 1 aromatic carbocycles. The monoisotopic (exact) mass is 232 g/mol. The fourth-order valence-corrected chi connectivity index (χ4v) is 1.64. The van der Waals surface area contributed by atoms with E-state index >= 15 is 0 Å². The van der Waals surface area contributed by atoms with E-state index in [9.17, 15) is 4.79 Å². The third kappa shape index (κ3) is 2.71. The van der Waals surface area contributed by atoms with Crippen molar-refractivity contribution in [3.05, 3.63) is 33.8 Å². The molecule has 0 aromatic heterocycles. The van der Waals surface area contributed by atoms with Gasteiger partial charge in [-0.05, 0) is 19.1 Å². The van der Waals surface area contributed by atoms with Crippen LogP contribution in [0.1, 0.15) is 17.3 Å². The lowest BCUT2D eigenvalue weighted by molar-refractivity contribution is 0.0783. The number of benzene rings is 1. The van der Waals surface area contributed by atoms with Gasteiger partial charge in [-0.15, -0.1) is 0 Å². The van der Waals surface area contributed by atoms with Crippen molar-refractivity contribution in [1.29, 1.82) is 0 Å². The fourth-order valence-electron chi connectivity index (χ4n) is 1.03. The average Bonchev–Trinajstić information content (AvgIpc) is 2.14. The summed E-state index contributed by atoms with van der Waals surface area (Å²) in [4.78, 5) is 11.6. The highest BCUT2D eigenvalue weighted by molar-refractivity contribution is 6.39. The molecule has 1 rings (SSSR count). The third-order valence-electron chi connectivity index (χ3n) is 1.68. The zero-order valence-electron chi connectivity index (χ0n) is 7.72. The summed E-state index contributed by atoms with van der Waals surface area (Å²) in [5.74, 6) is -0.192. The van der Waals surface area contributed by atoms with Crippen molar-refractivity contribution in [2.24, 2.45) is 0 Å². The Balaban J connectivity index is 2.89. The highest BCUT2D eigenvalue weighted by atomic mass is 35.5. The molecule has 0 heterocycles. The first kappa shape index (κ1) is 11.5. The van der Waals surface area contributed by atoms with E-state index in [0.717, 1.165) is 0 Å². The molecule has 0 atom stereocenters. The van der Waals surface area contributed by atoms with Crippen LogP contribution in [0, 0.1) is 0 Å². The Morgan fingerprint density at radius 1 is 1.36 bits per heavy atom. The van der Waals surface area contributed by atoms with Crippen molar-refractivity contribution in [1.82, 2.24) is 0 Å². The van der Waals surface area contributed by atoms with Gasteiger partial charge in [0.05, 0.1) is 15.6 Å². The molecule has 0 fully saturated rings. The summed E-state index contributed by atoms with van der Waals surface area (Å²) in [6.07, 6.45) is 0. The van der Waals surface area contributed by atoms with E-state index in [1.54, 1.807) is 18.2 Å². The highest BCUT2D eigenvalue weighted by Gasteiger charge is 2.13. The van der Waals surface area contributed by atoms with Gasteiger partial charge in [-0.1, -0.05) is 29.3 Å². The van der Waals surface area contributed by atoms with Crippen molar-refractivity contribution in [3.8, 4) is 0 Å². The van der Waals surface area contributed by atoms with Crippen LogP contribution in [0.2, 0.25) is 10.0 Å². The molecule has 14 heavy (non-hydrogen) atoms. The molecule has 4 heteroatoms. The Bertz CT molecular complexity index is 317. The second-order valence-corrected chi connectivity index (χ2v) is 3.47. The van der Waals surface area contributed by atoms with Gasteiger partial charge in [-0.3, -0.25) is 4.79 Å². The molecule has 0 saturated carbocycles. The first-order chi connectivity index (χ1) is 6.66. The Morgan fingerprint density at radius 3 is 2.43 bits per heavy atom. The summed E-state index contributed by atoms with van der Waals surface area (Å²) in [5.41, 5.74) is 0.337. The molecule has 0 radical (unpaired) electrons. The molecule has 0 spiro atoms. The fraction of sp³-hybridized carbons (Fsp3) is 0.300. The molecule has 0 aliphatic rings. The molecular weight excluding hydrogens is 223 g/mol. The molecule has 0 aliphatic carbocycles. The smallest absolute Gasteiger partial charge is 0.191 e. The third-order valence-corrected chi connectivity index (χ3v) is 2.31.